The minimum absolute atomic E-state index is 0.0747. The number of nitrogens with zero attached hydrogens (tertiary/aromatic N) is 3. The van der Waals surface area contributed by atoms with Crippen LogP contribution in [0.4, 0.5) is 15.9 Å². The van der Waals surface area contributed by atoms with Crippen LogP contribution in [0.1, 0.15) is 29.4 Å². The summed E-state index contributed by atoms with van der Waals surface area (Å²) in [6.45, 7) is 2.07. The summed E-state index contributed by atoms with van der Waals surface area (Å²) in [5, 5.41) is 8.63. The third-order valence-corrected chi connectivity index (χ3v) is 5.92. The van der Waals surface area contributed by atoms with E-state index in [-0.39, 0.29) is 17.5 Å². The first kappa shape index (κ1) is 17.1. The number of hydrogen-bond donors (Lipinski definition) is 1. The van der Waals surface area contributed by atoms with Crippen LogP contribution in [0.2, 0.25) is 0 Å². The third-order valence-electron chi connectivity index (χ3n) is 4.91. The van der Waals surface area contributed by atoms with Crippen molar-refractivity contribution in [1.82, 2.24) is 14.8 Å². The zero-order valence-corrected chi connectivity index (χ0v) is 16.0. The molecule has 2 aromatic carbocycles. The molecule has 1 N–H and O–H groups in total. The molecular formula is C21H17FN4OS. The minimum Gasteiger partial charge on any atom is -0.338 e. The molecule has 2 heterocycles. The molecule has 0 aliphatic heterocycles. The Morgan fingerprint density at radius 2 is 1.93 bits per heavy atom. The number of benzene rings is 2. The zero-order valence-electron chi connectivity index (χ0n) is 15.1. The molecule has 0 saturated heterocycles. The average Bonchev–Trinajstić information content (AvgIpc) is 3.25. The van der Waals surface area contributed by atoms with Crippen LogP contribution < -0.4 is 5.32 Å². The molecule has 140 valence electrons. The minimum atomic E-state index is -0.308. The number of ketones is 1. The van der Waals surface area contributed by atoms with Gasteiger partial charge in [0.05, 0.1) is 21.5 Å². The van der Waals surface area contributed by atoms with Crippen LogP contribution in [0.3, 0.4) is 0 Å². The molecule has 5 nitrogen and oxygen atoms in total. The summed E-state index contributed by atoms with van der Waals surface area (Å²) in [6.07, 6.45) is 1.26. The van der Waals surface area contributed by atoms with E-state index in [0.29, 0.717) is 23.5 Å². The quantitative estimate of drug-likeness (QED) is 0.525. The molecule has 0 bridgehead atoms. The van der Waals surface area contributed by atoms with Gasteiger partial charge >= 0.3 is 0 Å². The summed E-state index contributed by atoms with van der Waals surface area (Å²) in [5.41, 5.74) is 3.09. The first-order valence-electron chi connectivity index (χ1n) is 9.12. The molecular weight excluding hydrogens is 375 g/mol. The highest BCUT2D eigenvalue weighted by Gasteiger charge is 2.31. The fourth-order valence-electron chi connectivity index (χ4n) is 3.62. The molecule has 5 rings (SSSR count). The Hall–Kier alpha value is -3.06. The van der Waals surface area contributed by atoms with Gasteiger partial charge in [0.1, 0.15) is 5.82 Å². The monoisotopic (exact) mass is 392 g/mol. The predicted octanol–water partition coefficient (Wildman–Crippen LogP) is 5.13. The van der Waals surface area contributed by atoms with Gasteiger partial charge in [-0.15, -0.1) is 5.10 Å². The van der Waals surface area contributed by atoms with Gasteiger partial charge in [0.15, 0.2) is 11.6 Å². The summed E-state index contributed by atoms with van der Waals surface area (Å²) >= 11 is 1.55. The molecule has 2 aromatic heterocycles. The van der Waals surface area contributed by atoms with E-state index in [0.717, 1.165) is 27.5 Å². The maximum atomic E-state index is 13.2. The van der Waals surface area contributed by atoms with Crippen molar-refractivity contribution in [3.63, 3.8) is 0 Å². The Bertz CT molecular complexity index is 1160. The maximum Gasteiger partial charge on any atom is 0.211 e. The lowest BCUT2D eigenvalue weighted by atomic mass is 9.88. The second-order valence-corrected chi connectivity index (χ2v) is 8.12. The Kier molecular flexibility index (Phi) is 3.98. The topological polar surface area (TPSA) is 59.8 Å². The van der Waals surface area contributed by atoms with E-state index in [1.54, 1.807) is 28.2 Å². The zero-order chi connectivity index (χ0) is 19.3. The molecule has 1 aliphatic carbocycles. The van der Waals surface area contributed by atoms with E-state index < -0.39 is 0 Å². The molecule has 7 heteroatoms. The van der Waals surface area contributed by atoms with Gasteiger partial charge in [-0.2, -0.15) is 0 Å². The van der Waals surface area contributed by atoms with Crippen molar-refractivity contribution in [1.29, 1.82) is 0 Å². The van der Waals surface area contributed by atoms with E-state index >= 15 is 0 Å². The summed E-state index contributed by atoms with van der Waals surface area (Å²) in [7, 11) is 0. The molecule has 1 unspecified atom stereocenters. The maximum absolute atomic E-state index is 13.2. The highest BCUT2D eigenvalue weighted by atomic mass is 32.1. The number of carbonyl (C=O) groups excluding carboxylic acids is 1. The second kappa shape index (κ2) is 6.53. The van der Waals surface area contributed by atoms with Crippen molar-refractivity contribution in [2.24, 2.45) is 5.92 Å². The second-order valence-electron chi connectivity index (χ2n) is 7.11. The van der Waals surface area contributed by atoms with Crippen LogP contribution >= 0.6 is 11.3 Å². The van der Waals surface area contributed by atoms with Crippen molar-refractivity contribution in [3.05, 3.63) is 65.6 Å². The molecule has 1 atom stereocenters. The van der Waals surface area contributed by atoms with Crippen molar-refractivity contribution in [2.75, 3.05) is 5.32 Å². The number of halogens is 1. The molecule has 0 fully saturated rings. The van der Waals surface area contributed by atoms with E-state index in [1.165, 1.54) is 12.1 Å². The van der Waals surface area contributed by atoms with Gasteiger partial charge in [-0.05, 0) is 48.7 Å². The summed E-state index contributed by atoms with van der Waals surface area (Å²) in [6, 6.07) is 14.0. The van der Waals surface area contributed by atoms with Crippen LogP contribution in [-0.4, -0.2) is 20.5 Å². The smallest absolute Gasteiger partial charge is 0.211 e. The number of thiazole rings is 1. The fraction of sp³-hybridized carbons (Fsp3) is 0.190. The van der Waals surface area contributed by atoms with Gasteiger partial charge in [-0.3, -0.25) is 4.79 Å². The first-order valence-corrected chi connectivity index (χ1v) is 9.94. The van der Waals surface area contributed by atoms with Gasteiger partial charge in [0.2, 0.25) is 5.13 Å². The highest BCUT2D eigenvalue weighted by Crippen LogP contribution is 2.35. The van der Waals surface area contributed by atoms with Crippen molar-refractivity contribution < 1.29 is 9.18 Å². The van der Waals surface area contributed by atoms with E-state index in [2.05, 4.69) is 12.2 Å². The first-order chi connectivity index (χ1) is 13.6. The van der Waals surface area contributed by atoms with Gasteiger partial charge in [-0.25, -0.2) is 14.1 Å². The average molecular weight is 392 g/mol. The van der Waals surface area contributed by atoms with E-state index in [9.17, 15) is 9.18 Å². The Balaban J connectivity index is 1.64. The molecule has 0 saturated carbocycles. The van der Waals surface area contributed by atoms with Crippen LogP contribution in [0.25, 0.3) is 15.3 Å². The lowest BCUT2D eigenvalue weighted by Crippen LogP contribution is -2.19. The van der Waals surface area contributed by atoms with Gasteiger partial charge in [0, 0.05) is 12.1 Å². The van der Waals surface area contributed by atoms with Crippen molar-refractivity contribution in [3.8, 4) is 5.13 Å². The highest BCUT2D eigenvalue weighted by molar-refractivity contribution is 7.20. The largest absolute Gasteiger partial charge is 0.338 e. The summed E-state index contributed by atoms with van der Waals surface area (Å²) < 4.78 is 16.1. The number of nitrogens with one attached hydrogen (secondary N) is 1. The number of fused-ring (bicyclic) bond motifs is 2. The molecule has 0 amide bonds. The number of Topliss-reactive ketones (excluding diaryl/α,β-unsaturated/α-hetero) is 1. The standard InChI is InChI=1S/C21H17FN4OS/c1-12-10-16-19(17(27)11-12)20(23-14-8-6-13(22)7-9-14)25-26(16)21-24-15-4-2-3-5-18(15)28-21/h2-9,12H,10-11H2,1H3,(H,23,25). The third kappa shape index (κ3) is 2.88. The normalized spacial score (nSPS) is 16.4. The summed E-state index contributed by atoms with van der Waals surface area (Å²) in [4.78, 5) is 17.5. The van der Waals surface area contributed by atoms with E-state index in [1.807, 2.05) is 24.3 Å². The van der Waals surface area contributed by atoms with Gasteiger partial charge in [0.25, 0.3) is 0 Å². The number of anilines is 2. The fourth-order valence-corrected chi connectivity index (χ4v) is 4.56. The Morgan fingerprint density at radius 1 is 1.14 bits per heavy atom. The molecule has 4 aromatic rings. The Morgan fingerprint density at radius 3 is 2.71 bits per heavy atom. The van der Waals surface area contributed by atoms with Gasteiger partial charge in [-0.1, -0.05) is 30.4 Å². The molecule has 28 heavy (non-hydrogen) atoms. The lowest BCUT2D eigenvalue weighted by molar-refractivity contribution is 0.0953. The van der Waals surface area contributed by atoms with E-state index in [4.69, 9.17) is 10.1 Å². The lowest BCUT2D eigenvalue weighted by Gasteiger charge is -2.18. The van der Waals surface area contributed by atoms with Crippen LogP contribution in [0.15, 0.2) is 48.5 Å². The Labute approximate surface area is 164 Å². The van der Waals surface area contributed by atoms with Crippen LogP contribution in [-0.2, 0) is 6.42 Å². The van der Waals surface area contributed by atoms with Gasteiger partial charge < -0.3 is 5.32 Å². The summed E-state index contributed by atoms with van der Waals surface area (Å²) in [5.74, 6) is 0.518. The number of aromatic nitrogens is 3. The SMILES string of the molecule is CC1CC(=O)c2c(Nc3ccc(F)cc3)nn(-c3nc4ccccc4s3)c2C1. The molecule has 1 aliphatic rings. The predicted molar refractivity (Wildman–Crippen MR) is 108 cm³/mol. The number of carbonyl (C=O) groups is 1. The molecule has 0 radical (unpaired) electrons. The molecule has 0 spiro atoms. The van der Waals surface area contributed by atoms with Crippen molar-refractivity contribution in [2.45, 2.75) is 19.8 Å². The number of hydrogen-bond acceptors (Lipinski definition) is 5. The number of para-hydroxylation sites is 1. The number of rotatable bonds is 3. The van der Waals surface area contributed by atoms with Crippen molar-refractivity contribution >= 4 is 38.8 Å². The van der Waals surface area contributed by atoms with Crippen LogP contribution in [0, 0.1) is 11.7 Å². The van der Waals surface area contributed by atoms with Crippen LogP contribution in [0.5, 0.6) is 0 Å².